The van der Waals surface area contributed by atoms with E-state index < -0.39 is 27.3 Å². The van der Waals surface area contributed by atoms with E-state index in [2.05, 4.69) is 4.72 Å². The quantitative estimate of drug-likeness (QED) is 0.484. The third kappa shape index (κ3) is 5.54. The standard InChI is InChI=1S/C12H17NO6S2/c14-5-1-6-20-7-4-13-21(18,19)9-2-3-11(15)10(8-9)12(16)17/h2-3,8,13-15H,1,4-7H2,(H,16,17). The van der Waals surface area contributed by atoms with Gasteiger partial charge in [0.2, 0.25) is 10.0 Å². The second-order valence-corrected chi connectivity index (χ2v) is 7.06. The van der Waals surface area contributed by atoms with Gasteiger partial charge in [-0.2, -0.15) is 11.8 Å². The molecule has 0 aromatic heterocycles. The van der Waals surface area contributed by atoms with Crippen molar-refractivity contribution < 1.29 is 28.5 Å². The zero-order chi connectivity index (χ0) is 15.9. The molecule has 0 fully saturated rings. The number of phenols is 1. The Morgan fingerprint density at radius 3 is 2.62 bits per heavy atom. The van der Waals surface area contributed by atoms with Crippen molar-refractivity contribution in [2.24, 2.45) is 0 Å². The number of carbonyl (C=O) groups is 1. The van der Waals surface area contributed by atoms with Crippen molar-refractivity contribution in [2.75, 3.05) is 24.7 Å². The lowest BCUT2D eigenvalue weighted by Crippen LogP contribution is -2.26. The third-order valence-electron chi connectivity index (χ3n) is 2.49. The number of carboxylic acid groups (broad SMARTS) is 1. The molecule has 1 aromatic rings. The third-order valence-corrected chi connectivity index (χ3v) is 5.02. The minimum Gasteiger partial charge on any atom is -0.507 e. The Morgan fingerprint density at radius 1 is 1.29 bits per heavy atom. The molecule has 21 heavy (non-hydrogen) atoms. The Labute approximate surface area is 127 Å². The Kier molecular flexibility index (Phi) is 6.96. The minimum atomic E-state index is -3.81. The molecule has 0 bridgehead atoms. The highest BCUT2D eigenvalue weighted by Gasteiger charge is 2.18. The second kappa shape index (κ2) is 8.23. The average Bonchev–Trinajstić information content (AvgIpc) is 2.42. The number of rotatable bonds is 9. The number of hydrogen-bond donors (Lipinski definition) is 4. The number of thioether (sulfide) groups is 1. The van der Waals surface area contributed by atoms with Crippen molar-refractivity contribution in [3.8, 4) is 5.75 Å². The molecule has 9 heteroatoms. The van der Waals surface area contributed by atoms with Gasteiger partial charge in [-0.3, -0.25) is 0 Å². The van der Waals surface area contributed by atoms with Crippen molar-refractivity contribution in [3.63, 3.8) is 0 Å². The van der Waals surface area contributed by atoms with Crippen LogP contribution in [-0.4, -0.2) is 54.4 Å². The lowest BCUT2D eigenvalue weighted by atomic mass is 10.2. The van der Waals surface area contributed by atoms with Crippen LogP contribution in [0.3, 0.4) is 0 Å². The highest BCUT2D eigenvalue weighted by atomic mass is 32.2. The Morgan fingerprint density at radius 2 is 2.00 bits per heavy atom. The van der Waals surface area contributed by atoms with Crippen LogP contribution >= 0.6 is 11.8 Å². The SMILES string of the molecule is O=C(O)c1cc(S(=O)(=O)NCCSCCCO)ccc1O. The molecular weight excluding hydrogens is 318 g/mol. The molecule has 0 aliphatic rings. The Balaban J connectivity index is 2.66. The van der Waals surface area contributed by atoms with Gasteiger partial charge in [-0.1, -0.05) is 0 Å². The molecule has 0 atom stereocenters. The topological polar surface area (TPSA) is 124 Å². The molecule has 1 aromatic carbocycles. The number of hydrogen-bond acceptors (Lipinski definition) is 6. The fourth-order valence-electron chi connectivity index (χ4n) is 1.45. The fourth-order valence-corrected chi connectivity index (χ4v) is 3.42. The molecule has 0 spiro atoms. The van der Waals surface area contributed by atoms with Gasteiger partial charge >= 0.3 is 5.97 Å². The summed E-state index contributed by atoms with van der Waals surface area (Å²) < 4.78 is 26.3. The molecule has 0 saturated carbocycles. The number of nitrogens with one attached hydrogen (secondary N) is 1. The maximum absolute atomic E-state index is 12.0. The van der Waals surface area contributed by atoms with E-state index in [0.29, 0.717) is 12.2 Å². The van der Waals surface area contributed by atoms with Crippen LogP contribution in [0.5, 0.6) is 5.75 Å². The van der Waals surface area contributed by atoms with Gasteiger partial charge in [-0.25, -0.2) is 17.9 Å². The predicted octanol–water partition coefficient (Wildman–Crippen LogP) is 0.484. The van der Waals surface area contributed by atoms with Crippen LogP contribution < -0.4 is 4.72 Å². The highest BCUT2D eigenvalue weighted by Crippen LogP contribution is 2.21. The van der Waals surface area contributed by atoms with Crippen LogP contribution in [-0.2, 0) is 10.0 Å². The molecule has 0 aliphatic heterocycles. The minimum absolute atomic E-state index is 0.101. The zero-order valence-corrected chi connectivity index (χ0v) is 12.8. The summed E-state index contributed by atoms with van der Waals surface area (Å²) in [5, 5.41) is 26.8. The van der Waals surface area contributed by atoms with Gasteiger partial charge in [0, 0.05) is 18.9 Å². The van der Waals surface area contributed by atoms with Gasteiger partial charge in [-0.15, -0.1) is 0 Å². The first-order valence-corrected chi connectivity index (χ1v) is 8.77. The van der Waals surface area contributed by atoms with E-state index in [4.69, 9.17) is 10.2 Å². The van der Waals surface area contributed by atoms with Crippen molar-refractivity contribution in [3.05, 3.63) is 23.8 Å². The normalized spacial score (nSPS) is 11.5. The molecule has 0 saturated heterocycles. The lowest BCUT2D eigenvalue weighted by molar-refractivity contribution is 0.0693. The summed E-state index contributed by atoms with van der Waals surface area (Å²) in [5.41, 5.74) is -0.463. The smallest absolute Gasteiger partial charge is 0.339 e. The molecule has 0 heterocycles. The summed E-state index contributed by atoms with van der Waals surface area (Å²) in [7, 11) is -3.81. The van der Waals surface area contributed by atoms with Crippen LogP contribution in [0.15, 0.2) is 23.1 Å². The van der Waals surface area contributed by atoms with Crippen LogP contribution in [0.1, 0.15) is 16.8 Å². The average molecular weight is 335 g/mol. The Hall–Kier alpha value is -1.29. The largest absolute Gasteiger partial charge is 0.507 e. The number of aliphatic hydroxyl groups is 1. The second-order valence-electron chi connectivity index (χ2n) is 4.07. The lowest BCUT2D eigenvalue weighted by Gasteiger charge is -2.08. The first kappa shape index (κ1) is 17.8. The molecule has 1 rings (SSSR count). The number of benzene rings is 1. The van der Waals surface area contributed by atoms with E-state index in [9.17, 15) is 18.3 Å². The number of carboxylic acids is 1. The van der Waals surface area contributed by atoms with Crippen LogP contribution in [0.2, 0.25) is 0 Å². The molecule has 0 radical (unpaired) electrons. The van der Waals surface area contributed by atoms with Crippen molar-refractivity contribution in [2.45, 2.75) is 11.3 Å². The molecule has 0 aliphatic carbocycles. The molecular formula is C12H17NO6S2. The number of aromatic carboxylic acids is 1. The summed E-state index contributed by atoms with van der Waals surface area (Å²) >= 11 is 1.50. The van der Waals surface area contributed by atoms with Crippen molar-refractivity contribution in [1.82, 2.24) is 4.72 Å². The number of aromatic hydroxyl groups is 1. The van der Waals surface area contributed by atoms with E-state index >= 15 is 0 Å². The van der Waals surface area contributed by atoms with E-state index in [1.807, 2.05) is 0 Å². The van der Waals surface area contributed by atoms with E-state index in [1.165, 1.54) is 11.8 Å². The molecule has 0 unspecified atom stereocenters. The summed E-state index contributed by atoms with van der Waals surface area (Å²) in [5.74, 6) is -0.603. The van der Waals surface area contributed by atoms with Crippen molar-refractivity contribution in [1.29, 1.82) is 0 Å². The van der Waals surface area contributed by atoms with E-state index in [1.54, 1.807) is 0 Å². The highest BCUT2D eigenvalue weighted by molar-refractivity contribution is 7.99. The number of sulfonamides is 1. The molecule has 4 N–H and O–H groups in total. The molecule has 118 valence electrons. The first-order chi connectivity index (χ1) is 9.88. The zero-order valence-electron chi connectivity index (χ0n) is 11.2. The molecule has 7 nitrogen and oxygen atoms in total. The van der Waals surface area contributed by atoms with Gasteiger partial charge in [-0.05, 0) is 30.4 Å². The van der Waals surface area contributed by atoms with Gasteiger partial charge in [0.15, 0.2) is 0 Å². The summed E-state index contributed by atoms with van der Waals surface area (Å²) in [4.78, 5) is 10.7. The summed E-state index contributed by atoms with van der Waals surface area (Å²) in [6, 6.07) is 3.09. The van der Waals surface area contributed by atoms with E-state index in [0.717, 1.165) is 24.0 Å². The van der Waals surface area contributed by atoms with Crippen LogP contribution in [0.25, 0.3) is 0 Å². The van der Waals surface area contributed by atoms with Gasteiger partial charge < -0.3 is 15.3 Å². The molecule has 0 amide bonds. The predicted molar refractivity (Wildman–Crippen MR) is 79.3 cm³/mol. The van der Waals surface area contributed by atoms with E-state index in [-0.39, 0.29) is 18.0 Å². The monoisotopic (exact) mass is 335 g/mol. The Bertz CT molecular complexity index is 587. The van der Waals surface area contributed by atoms with Gasteiger partial charge in [0.05, 0.1) is 4.90 Å². The fraction of sp³-hybridized carbons (Fsp3) is 0.417. The maximum atomic E-state index is 12.0. The van der Waals surface area contributed by atoms with Gasteiger partial charge in [0.1, 0.15) is 11.3 Å². The number of aliphatic hydroxyl groups excluding tert-OH is 1. The van der Waals surface area contributed by atoms with Gasteiger partial charge in [0.25, 0.3) is 0 Å². The summed E-state index contributed by atoms with van der Waals surface area (Å²) in [6.07, 6.45) is 0.650. The first-order valence-electron chi connectivity index (χ1n) is 6.13. The maximum Gasteiger partial charge on any atom is 0.339 e. The summed E-state index contributed by atoms with van der Waals surface area (Å²) in [6.45, 7) is 0.298. The van der Waals surface area contributed by atoms with Crippen molar-refractivity contribution >= 4 is 27.8 Å². The van der Waals surface area contributed by atoms with Crippen LogP contribution in [0.4, 0.5) is 0 Å². The van der Waals surface area contributed by atoms with Crippen LogP contribution in [0, 0.1) is 0 Å².